The number of sulfonamides is 1. The molecule has 0 spiro atoms. The molecule has 1 aliphatic heterocycles. The van der Waals surface area contributed by atoms with Crippen molar-refractivity contribution in [1.82, 2.24) is 9.21 Å². The Morgan fingerprint density at radius 2 is 1.74 bits per heavy atom. The van der Waals surface area contributed by atoms with E-state index in [9.17, 15) is 13.5 Å². The minimum Gasteiger partial charge on any atom is -0.858 e. The molecule has 0 fully saturated rings. The van der Waals surface area contributed by atoms with Crippen molar-refractivity contribution in [1.29, 1.82) is 0 Å². The summed E-state index contributed by atoms with van der Waals surface area (Å²) in [7, 11) is -2.09. The number of nitrogens with zero attached hydrogens (tertiary/aromatic N) is 3. The first-order valence-corrected chi connectivity index (χ1v) is 14.8. The van der Waals surface area contributed by atoms with E-state index < -0.39 is 10.0 Å². The minimum absolute atomic E-state index is 0.0952. The van der Waals surface area contributed by atoms with Gasteiger partial charge in [-0.2, -0.15) is 4.31 Å². The quantitative estimate of drug-likeness (QED) is 0.280. The molecule has 1 heterocycles. The Morgan fingerprint density at radius 1 is 1.05 bits per heavy atom. The summed E-state index contributed by atoms with van der Waals surface area (Å²) in [6.07, 6.45) is 0.532. The fraction of sp³-hybridized carbons (Fsp3) is 0.367. The van der Waals surface area contributed by atoms with Crippen LogP contribution in [0.5, 0.6) is 5.75 Å². The SMILES string of the molecule is COc1ccc(S(=O)(=O)N2CCc3cc(C([O-])=NCCN(Cc4ccc(Cl)cc4)C(C)(C)C)ccc3C2)cc1. The number of rotatable bonds is 9. The van der Waals surface area contributed by atoms with E-state index in [2.05, 4.69) is 30.7 Å². The lowest BCUT2D eigenvalue weighted by Gasteiger charge is -2.35. The molecular weight excluding hydrogens is 534 g/mol. The summed E-state index contributed by atoms with van der Waals surface area (Å²) >= 11 is 6.02. The highest BCUT2D eigenvalue weighted by Crippen LogP contribution is 2.27. The predicted molar refractivity (Wildman–Crippen MR) is 154 cm³/mol. The Hall–Kier alpha value is -2.91. The Kier molecular flexibility index (Phi) is 9.01. The lowest BCUT2D eigenvalue weighted by Crippen LogP contribution is -2.42. The van der Waals surface area contributed by atoms with Crippen LogP contribution in [0.4, 0.5) is 0 Å². The van der Waals surface area contributed by atoms with Crippen LogP contribution in [0.3, 0.4) is 0 Å². The molecule has 3 aromatic rings. The first kappa shape index (κ1) is 29.1. The smallest absolute Gasteiger partial charge is 0.243 e. The van der Waals surface area contributed by atoms with Crippen molar-refractivity contribution < 1.29 is 18.3 Å². The average molecular weight is 569 g/mol. The lowest BCUT2D eigenvalue weighted by atomic mass is 9.98. The van der Waals surface area contributed by atoms with Crippen molar-refractivity contribution in [2.45, 2.75) is 50.7 Å². The number of hydrogen-bond acceptors (Lipinski definition) is 6. The van der Waals surface area contributed by atoms with Crippen molar-refractivity contribution in [3.8, 4) is 5.75 Å². The highest BCUT2D eigenvalue weighted by atomic mass is 35.5. The third-order valence-electron chi connectivity index (χ3n) is 6.99. The van der Waals surface area contributed by atoms with Crippen molar-refractivity contribution in [2.24, 2.45) is 4.99 Å². The third-order valence-corrected chi connectivity index (χ3v) is 9.10. The molecule has 0 aliphatic carbocycles. The van der Waals surface area contributed by atoms with E-state index in [1.165, 1.54) is 4.31 Å². The van der Waals surface area contributed by atoms with Crippen LogP contribution >= 0.6 is 11.6 Å². The molecule has 0 unspecified atom stereocenters. The molecule has 9 heteroatoms. The zero-order chi connectivity index (χ0) is 28.2. The Labute approximate surface area is 236 Å². The molecular formula is C30H35ClN3O4S-. The number of fused-ring (bicyclic) bond motifs is 1. The molecule has 4 rings (SSSR count). The molecule has 0 aromatic heterocycles. The summed E-state index contributed by atoms with van der Waals surface area (Å²) in [4.78, 5) is 6.87. The number of benzene rings is 3. The van der Waals surface area contributed by atoms with Gasteiger partial charge in [-0.05, 0) is 91.7 Å². The largest absolute Gasteiger partial charge is 0.858 e. The maximum absolute atomic E-state index is 13.2. The van der Waals surface area contributed by atoms with Crippen molar-refractivity contribution in [2.75, 3.05) is 26.7 Å². The molecule has 7 nitrogen and oxygen atoms in total. The van der Waals surface area contributed by atoms with Crippen LogP contribution in [-0.2, 0) is 29.5 Å². The second kappa shape index (κ2) is 12.1. The molecule has 0 atom stereocenters. The second-order valence-electron chi connectivity index (χ2n) is 10.7. The van der Waals surface area contributed by atoms with E-state index in [0.29, 0.717) is 42.4 Å². The van der Waals surface area contributed by atoms with Crippen molar-refractivity contribution in [3.05, 3.63) is 94.0 Å². The van der Waals surface area contributed by atoms with Gasteiger partial charge < -0.3 is 9.84 Å². The van der Waals surface area contributed by atoms with Gasteiger partial charge in [-0.1, -0.05) is 41.9 Å². The maximum atomic E-state index is 13.2. The first-order valence-electron chi connectivity index (χ1n) is 12.9. The van der Waals surface area contributed by atoms with Crippen LogP contribution in [0.25, 0.3) is 0 Å². The highest BCUT2D eigenvalue weighted by molar-refractivity contribution is 7.89. The molecule has 0 saturated carbocycles. The third kappa shape index (κ3) is 7.19. The summed E-state index contributed by atoms with van der Waals surface area (Å²) in [6.45, 7) is 8.81. The highest BCUT2D eigenvalue weighted by Gasteiger charge is 2.28. The Morgan fingerprint density at radius 3 is 2.38 bits per heavy atom. The Balaban J connectivity index is 1.41. The van der Waals surface area contributed by atoms with E-state index >= 15 is 0 Å². The lowest BCUT2D eigenvalue weighted by molar-refractivity contribution is -0.213. The van der Waals surface area contributed by atoms with Crippen LogP contribution in [0, 0.1) is 0 Å². The van der Waals surface area contributed by atoms with Crippen LogP contribution in [0.15, 0.2) is 76.6 Å². The number of methoxy groups -OCH3 is 1. The molecule has 0 saturated heterocycles. The van der Waals surface area contributed by atoms with Crippen molar-refractivity contribution in [3.63, 3.8) is 0 Å². The van der Waals surface area contributed by atoms with Gasteiger partial charge in [-0.3, -0.25) is 9.89 Å². The number of hydrogen-bond donors (Lipinski definition) is 0. The van der Waals surface area contributed by atoms with E-state index in [-0.39, 0.29) is 22.9 Å². The number of halogens is 1. The number of aliphatic imine (C=N–C) groups is 1. The molecule has 0 bridgehead atoms. The van der Waals surface area contributed by atoms with Gasteiger partial charge in [0.25, 0.3) is 0 Å². The van der Waals surface area contributed by atoms with E-state index in [4.69, 9.17) is 16.3 Å². The minimum atomic E-state index is -3.63. The number of ether oxygens (including phenoxy) is 1. The monoisotopic (exact) mass is 568 g/mol. The fourth-order valence-electron chi connectivity index (χ4n) is 4.59. The van der Waals surface area contributed by atoms with Crippen LogP contribution in [-0.4, -0.2) is 55.8 Å². The van der Waals surface area contributed by atoms with Gasteiger partial charge in [0, 0.05) is 36.7 Å². The van der Waals surface area contributed by atoms with Crippen LogP contribution in [0.2, 0.25) is 5.02 Å². The maximum Gasteiger partial charge on any atom is 0.243 e. The van der Waals surface area contributed by atoms with Crippen LogP contribution in [0.1, 0.15) is 43.0 Å². The predicted octanol–water partition coefficient (Wildman–Crippen LogP) is 4.50. The van der Waals surface area contributed by atoms with E-state index in [1.807, 2.05) is 36.4 Å². The summed E-state index contributed by atoms with van der Waals surface area (Å²) in [5, 5.41) is 13.6. The summed E-state index contributed by atoms with van der Waals surface area (Å²) < 4.78 is 32.9. The summed E-state index contributed by atoms with van der Waals surface area (Å²) in [6, 6.07) is 19.6. The molecule has 0 N–H and O–H groups in total. The zero-order valence-corrected chi connectivity index (χ0v) is 24.4. The second-order valence-corrected chi connectivity index (χ2v) is 13.0. The van der Waals surface area contributed by atoms with E-state index in [1.54, 1.807) is 37.4 Å². The topological polar surface area (TPSA) is 85.3 Å². The van der Waals surface area contributed by atoms with Gasteiger partial charge in [0.15, 0.2) is 0 Å². The van der Waals surface area contributed by atoms with Gasteiger partial charge in [-0.25, -0.2) is 8.42 Å². The Bertz CT molecular complexity index is 1420. The molecule has 1 aliphatic rings. The fourth-order valence-corrected chi connectivity index (χ4v) is 6.13. The van der Waals surface area contributed by atoms with Gasteiger partial charge in [0.1, 0.15) is 5.75 Å². The normalized spacial score (nSPS) is 14.9. The standard InChI is InChI=1S/C30H36ClN3O4S/c1-30(2,3)33(20-22-5-9-26(31)10-6-22)18-16-32-29(35)24-7-8-25-21-34(17-15-23(25)19-24)39(36,37)28-13-11-27(38-4)12-14-28/h5-14,19H,15-18,20-21H2,1-4H3,(H,32,35)/p-1. The van der Waals surface area contributed by atoms with Crippen molar-refractivity contribution >= 4 is 27.5 Å². The van der Waals surface area contributed by atoms with Gasteiger partial charge in [-0.15, -0.1) is 0 Å². The molecule has 208 valence electrons. The van der Waals surface area contributed by atoms with E-state index in [0.717, 1.165) is 23.2 Å². The molecule has 0 amide bonds. The molecule has 39 heavy (non-hydrogen) atoms. The first-order chi connectivity index (χ1) is 18.5. The average Bonchev–Trinajstić information content (AvgIpc) is 2.92. The zero-order valence-electron chi connectivity index (χ0n) is 22.9. The molecule has 0 radical (unpaired) electrons. The summed E-state index contributed by atoms with van der Waals surface area (Å²) in [5.41, 5.74) is 3.47. The summed E-state index contributed by atoms with van der Waals surface area (Å²) in [5.74, 6) is 0.347. The van der Waals surface area contributed by atoms with Gasteiger partial charge in [0.2, 0.25) is 10.0 Å². The van der Waals surface area contributed by atoms with Gasteiger partial charge in [0.05, 0.1) is 18.6 Å². The van der Waals surface area contributed by atoms with Gasteiger partial charge >= 0.3 is 0 Å². The van der Waals surface area contributed by atoms with Crippen LogP contribution < -0.4 is 9.84 Å². The molecule has 3 aromatic carbocycles.